The van der Waals surface area contributed by atoms with E-state index in [0.717, 1.165) is 23.1 Å². The molecule has 5 heteroatoms. The van der Waals surface area contributed by atoms with Crippen molar-refractivity contribution in [1.82, 2.24) is 0 Å². The Labute approximate surface area is 165 Å². The van der Waals surface area contributed by atoms with Crippen molar-refractivity contribution in [3.8, 4) is 0 Å². The Balaban J connectivity index is 1.84. The summed E-state index contributed by atoms with van der Waals surface area (Å²) in [4.78, 5) is 0. The minimum absolute atomic E-state index is 0.432. The molecule has 2 aromatic rings. The lowest BCUT2D eigenvalue weighted by Gasteiger charge is -2.40. The predicted octanol–water partition coefficient (Wildman–Crippen LogP) is 2.13. The fourth-order valence-corrected chi connectivity index (χ4v) is 3.59. The molecular weight excluding hydrogens is 356 g/mol. The lowest BCUT2D eigenvalue weighted by atomic mass is 9.89. The highest BCUT2D eigenvalue weighted by atomic mass is 16.5. The SMILES string of the molecule is CC=Cc1ccc(Cc2cc(C3OC(CO)C(O)C(O)C3O)ccc2C)cc1. The molecule has 5 unspecified atom stereocenters. The van der Waals surface area contributed by atoms with Crippen LogP contribution in [0.25, 0.3) is 6.08 Å². The van der Waals surface area contributed by atoms with Gasteiger partial charge in [0.1, 0.15) is 30.5 Å². The van der Waals surface area contributed by atoms with Crippen molar-refractivity contribution >= 4 is 6.08 Å². The Morgan fingerprint density at radius 1 is 0.964 bits per heavy atom. The molecule has 0 bridgehead atoms. The van der Waals surface area contributed by atoms with E-state index >= 15 is 0 Å². The maximum Gasteiger partial charge on any atom is 0.113 e. The Morgan fingerprint density at radius 2 is 1.68 bits per heavy atom. The average molecular weight is 384 g/mol. The van der Waals surface area contributed by atoms with E-state index in [9.17, 15) is 20.4 Å². The maximum absolute atomic E-state index is 10.4. The number of benzene rings is 2. The summed E-state index contributed by atoms with van der Waals surface area (Å²) in [6.45, 7) is 3.58. The Bertz CT molecular complexity index is 812. The summed E-state index contributed by atoms with van der Waals surface area (Å²) in [6.07, 6.45) is -0.935. The van der Waals surface area contributed by atoms with Gasteiger partial charge in [0, 0.05) is 0 Å². The molecule has 4 N–H and O–H groups in total. The number of allylic oxidation sites excluding steroid dienone is 1. The van der Waals surface area contributed by atoms with Gasteiger partial charge in [-0.2, -0.15) is 0 Å². The van der Waals surface area contributed by atoms with Crippen LogP contribution in [0.5, 0.6) is 0 Å². The molecule has 0 spiro atoms. The first-order valence-corrected chi connectivity index (χ1v) is 9.56. The van der Waals surface area contributed by atoms with Crippen molar-refractivity contribution < 1.29 is 25.2 Å². The molecule has 1 heterocycles. The zero-order valence-electron chi connectivity index (χ0n) is 16.2. The first kappa shape index (κ1) is 20.7. The van der Waals surface area contributed by atoms with Crippen LogP contribution >= 0.6 is 0 Å². The highest BCUT2D eigenvalue weighted by Gasteiger charge is 2.43. The van der Waals surface area contributed by atoms with Crippen molar-refractivity contribution in [3.63, 3.8) is 0 Å². The minimum atomic E-state index is -1.38. The second-order valence-electron chi connectivity index (χ2n) is 7.35. The van der Waals surface area contributed by atoms with Crippen molar-refractivity contribution in [1.29, 1.82) is 0 Å². The van der Waals surface area contributed by atoms with Gasteiger partial charge in [0.25, 0.3) is 0 Å². The fraction of sp³-hybridized carbons (Fsp3) is 0.391. The smallest absolute Gasteiger partial charge is 0.113 e. The largest absolute Gasteiger partial charge is 0.394 e. The highest BCUT2D eigenvalue weighted by molar-refractivity contribution is 5.49. The molecule has 0 radical (unpaired) electrons. The summed E-state index contributed by atoms with van der Waals surface area (Å²) in [6, 6.07) is 14.1. The van der Waals surface area contributed by atoms with Crippen LogP contribution in [0, 0.1) is 6.92 Å². The molecule has 2 aromatic carbocycles. The van der Waals surface area contributed by atoms with Crippen LogP contribution in [-0.4, -0.2) is 51.4 Å². The molecule has 5 nitrogen and oxygen atoms in total. The van der Waals surface area contributed by atoms with Gasteiger partial charge in [-0.25, -0.2) is 0 Å². The van der Waals surface area contributed by atoms with E-state index in [0.29, 0.717) is 5.56 Å². The summed E-state index contributed by atoms with van der Waals surface area (Å²) < 4.78 is 5.69. The molecule has 0 aromatic heterocycles. The average Bonchev–Trinajstić information content (AvgIpc) is 2.70. The molecule has 0 amide bonds. The number of aliphatic hydroxyl groups is 4. The van der Waals surface area contributed by atoms with E-state index in [1.54, 1.807) is 0 Å². The van der Waals surface area contributed by atoms with Gasteiger partial charge in [-0.15, -0.1) is 0 Å². The lowest BCUT2D eigenvalue weighted by Crippen LogP contribution is -2.55. The van der Waals surface area contributed by atoms with Gasteiger partial charge in [0.15, 0.2) is 0 Å². The van der Waals surface area contributed by atoms with Crippen LogP contribution in [0.1, 0.15) is 40.8 Å². The van der Waals surface area contributed by atoms with E-state index in [1.807, 2.05) is 38.1 Å². The molecule has 5 atom stereocenters. The monoisotopic (exact) mass is 384 g/mol. The number of ether oxygens (including phenoxy) is 1. The van der Waals surface area contributed by atoms with Crippen LogP contribution in [0.3, 0.4) is 0 Å². The van der Waals surface area contributed by atoms with Crippen molar-refractivity contribution in [2.45, 2.75) is 50.8 Å². The van der Waals surface area contributed by atoms with Crippen molar-refractivity contribution in [2.75, 3.05) is 6.61 Å². The highest BCUT2D eigenvalue weighted by Crippen LogP contribution is 2.33. The number of aryl methyl sites for hydroxylation is 1. The van der Waals surface area contributed by atoms with Crippen molar-refractivity contribution in [3.05, 3.63) is 76.4 Å². The van der Waals surface area contributed by atoms with Crippen LogP contribution in [0.4, 0.5) is 0 Å². The number of aliphatic hydroxyl groups excluding tert-OH is 4. The molecule has 150 valence electrons. The minimum Gasteiger partial charge on any atom is -0.394 e. The summed E-state index contributed by atoms with van der Waals surface area (Å²) in [5.41, 5.74) is 5.24. The van der Waals surface area contributed by atoms with Crippen molar-refractivity contribution in [2.24, 2.45) is 0 Å². The second kappa shape index (κ2) is 8.99. The lowest BCUT2D eigenvalue weighted by molar-refractivity contribution is -0.231. The number of hydrogen-bond acceptors (Lipinski definition) is 5. The molecular formula is C23H28O5. The van der Waals surface area contributed by atoms with Gasteiger partial charge < -0.3 is 25.2 Å². The van der Waals surface area contributed by atoms with E-state index < -0.39 is 37.1 Å². The molecule has 28 heavy (non-hydrogen) atoms. The van der Waals surface area contributed by atoms with Gasteiger partial charge in [0.05, 0.1) is 6.61 Å². The van der Waals surface area contributed by atoms with Crippen LogP contribution < -0.4 is 0 Å². The van der Waals surface area contributed by atoms with Gasteiger partial charge in [-0.05, 0) is 48.1 Å². The topological polar surface area (TPSA) is 90.2 Å². The normalized spacial score (nSPS) is 28.0. The number of rotatable bonds is 5. The standard InChI is InChI=1S/C23H28O5/c1-3-4-15-6-8-16(9-7-15)11-18-12-17(10-5-14(18)2)23-22(27)21(26)20(25)19(13-24)28-23/h3-10,12,19-27H,11,13H2,1-2H3. The first-order valence-electron chi connectivity index (χ1n) is 9.56. The summed E-state index contributed by atoms with van der Waals surface area (Å²) in [5.74, 6) is 0. The third kappa shape index (κ3) is 4.35. The molecule has 1 saturated heterocycles. The third-order valence-electron chi connectivity index (χ3n) is 5.33. The van der Waals surface area contributed by atoms with Gasteiger partial charge in [0.2, 0.25) is 0 Å². The van der Waals surface area contributed by atoms with E-state index in [2.05, 4.69) is 30.3 Å². The zero-order chi connectivity index (χ0) is 20.3. The molecule has 1 aliphatic heterocycles. The van der Waals surface area contributed by atoms with Crippen LogP contribution in [0.2, 0.25) is 0 Å². The molecule has 3 rings (SSSR count). The Kier molecular flexibility index (Phi) is 6.65. The van der Waals surface area contributed by atoms with Crippen LogP contribution in [0.15, 0.2) is 48.5 Å². The van der Waals surface area contributed by atoms with E-state index in [4.69, 9.17) is 4.74 Å². The third-order valence-corrected chi connectivity index (χ3v) is 5.33. The predicted molar refractivity (Wildman–Crippen MR) is 108 cm³/mol. The van der Waals surface area contributed by atoms with Gasteiger partial charge in [-0.3, -0.25) is 0 Å². The maximum atomic E-state index is 10.4. The summed E-state index contributed by atoms with van der Waals surface area (Å²) in [7, 11) is 0. The second-order valence-corrected chi connectivity index (χ2v) is 7.35. The summed E-state index contributed by atoms with van der Waals surface area (Å²) in [5, 5.41) is 39.8. The zero-order valence-corrected chi connectivity index (χ0v) is 16.2. The first-order chi connectivity index (χ1) is 13.4. The molecule has 0 aliphatic carbocycles. The Hall–Kier alpha value is -2.02. The molecule has 1 fully saturated rings. The Morgan fingerprint density at radius 3 is 2.32 bits per heavy atom. The number of hydrogen-bond donors (Lipinski definition) is 4. The fourth-order valence-electron chi connectivity index (χ4n) is 3.59. The van der Waals surface area contributed by atoms with E-state index in [-0.39, 0.29) is 0 Å². The van der Waals surface area contributed by atoms with Crippen LogP contribution in [-0.2, 0) is 11.2 Å². The summed E-state index contributed by atoms with van der Waals surface area (Å²) >= 11 is 0. The van der Waals surface area contributed by atoms with E-state index in [1.165, 1.54) is 5.56 Å². The molecule has 1 aliphatic rings. The van der Waals surface area contributed by atoms with Gasteiger partial charge in [-0.1, -0.05) is 54.6 Å². The quantitative estimate of drug-likeness (QED) is 0.634. The molecule has 0 saturated carbocycles. The van der Waals surface area contributed by atoms with Gasteiger partial charge >= 0.3 is 0 Å².